The van der Waals surface area contributed by atoms with Crippen LogP contribution in [0.5, 0.6) is 0 Å². The first-order valence-electron chi connectivity index (χ1n) is 6.88. The van der Waals surface area contributed by atoms with Crippen molar-refractivity contribution in [3.05, 3.63) is 29.3 Å². The predicted molar refractivity (Wildman–Crippen MR) is 70.9 cm³/mol. The van der Waals surface area contributed by atoms with E-state index in [4.69, 9.17) is 10.00 Å². The van der Waals surface area contributed by atoms with E-state index in [0.29, 0.717) is 26.3 Å². The van der Waals surface area contributed by atoms with E-state index in [2.05, 4.69) is 0 Å². The number of halogens is 3. The summed E-state index contributed by atoms with van der Waals surface area (Å²) in [4.78, 5) is 1.75. The molecule has 1 aromatic rings. The van der Waals surface area contributed by atoms with E-state index in [1.807, 2.05) is 6.07 Å². The molecule has 2 aliphatic heterocycles. The Morgan fingerprint density at radius 2 is 2.10 bits per heavy atom. The van der Waals surface area contributed by atoms with Gasteiger partial charge in [-0.2, -0.15) is 18.4 Å². The second kappa shape index (κ2) is 4.92. The molecule has 0 saturated carbocycles. The topological polar surface area (TPSA) is 36.3 Å². The molecule has 112 valence electrons. The summed E-state index contributed by atoms with van der Waals surface area (Å²) in [6.45, 7) is 2.42. The Bertz CT molecular complexity index is 586. The monoisotopic (exact) mass is 296 g/mol. The first-order chi connectivity index (χ1) is 9.93. The Labute approximate surface area is 120 Å². The van der Waals surface area contributed by atoms with Crippen LogP contribution in [0.15, 0.2) is 18.2 Å². The lowest BCUT2D eigenvalue weighted by atomic mass is 9.87. The number of hydrogen-bond acceptors (Lipinski definition) is 3. The van der Waals surface area contributed by atoms with Gasteiger partial charge in [0, 0.05) is 25.1 Å². The fourth-order valence-electron chi connectivity index (χ4n) is 3.21. The van der Waals surface area contributed by atoms with E-state index in [-0.39, 0.29) is 16.7 Å². The molecule has 3 nitrogen and oxygen atoms in total. The lowest BCUT2D eigenvalue weighted by Gasteiger charge is -2.26. The number of nitriles is 1. The maximum atomic E-state index is 13.2. The maximum absolute atomic E-state index is 13.2. The zero-order chi connectivity index (χ0) is 15.1. The van der Waals surface area contributed by atoms with Crippen LogP contribution >= 0.6 is 0 Å². The van der Waals surface area contributed by atoms with Gasteiger partial charge in [0.1, 0.15) is 0 Å². The molecule has 0 unspecified atom stereocenters. The van der Waals surface area contributed by atoms with Crippen molar-refractivity contribution in [2.24, 2.45) is 5.41 Å². The summed E-state index contributed by atoms with van der Waals surface area (Å²) >= 11 is 0. The van der Waals surface area contributed by atoms with Crippen LogP contribution in [0.3, 0.4) is 0 Å². The highest BCUT2D eigenvalue weighted by atomic mass is 19.4. The van der Waals surface area contributed by atoms with Crippen molar-refractivity contribution in [3.63, 3.8) is 0 Å². The molecular formula is C15H15F3N2O. The van der Waals surface area contributed by atoms with E-state index < -0.39 is 11.7 Å². The zero-order valence-corrected chi connectivity index (χ0v) is 11.4. The quantitative estimate of drug-likeness (QED) is 0.798. The molecule has 0 bridgehead atoms. The summed E-state index contributed by atoms with van der Waals surface area (Å²) in [5.74, 6) is 0. The molecular weight excluding hydrogens is 281 g/mol. The summed E-state index contributed by atoms with van der Waals surface area (Å²) in [5, 5.41) is 8.93. The van der Waals surface area contributed by atoms with E-state index in [9.17, 15) is 13.2 Å². The van der Waals surface area contributed by atoms with Crippen molar-refractivity contribution >= 4 is 5.69 Å². The SMILES string of the molecule is N#Cc1ccc(C(F)(F)F)c(N2CC[C@]3(CCOC3)C2)c1. The Balaban J connectivity index is 1.96. The average molecular weight is 296 g/mol. The standard InChI is InChI=1S/C15H15F3N2O/c16-15(17,18)12-2-1-11(8-19)7-13(12)20-5-3-14(9-20)4-6-21-10-14/h1-2,7H,3-6,9-10H2/t14-/m0/s1. The Kier molecular flexibility index (Phi) is 3.33. The summed E-state index contributed by atoms with van der Waals surface area (Å²) < 4.78 is 44.9. The van der Waals surface area contributed by atoms with E-state index >= 15 is 0 Å². The third-order valence-electron chi connectivity index (χ3n) is 4.40. The van der Waals surface area contributed by atoms with Crippen LogP contribution in [0.4, 0.5) is 18.9 Å². The van der Waals surface area contributed by atoms with Gasteiger partial charge in [-0.1, -0.05) is 0 Å². The summed E-state index contributed by atoms with van der Waals surface area (Å²) in [6.07, 6.45) is -2.69. The van der Waals surface area contributed by atoms with E-state index in [0.717, 1.165) is 18.9 Å². The fourth-order valence-corrected chi connectivity index (χ4v) is 3.21. The highest BCUT2D eigenvalue weighted by Crippen LogP contribution is 2.44. The fraction of sp³-hybridized carbons (Fsp3) is 0.533. The third kappa shape index (κ3) is 2.58. The van der Waals surface area contributed by atoms with Gasteiger partial charge < -0.3 is 9.64 Å². The van der Waals surface area contributed by atoms with Crippen molar-refractivity contribution in [1.29, 1.82) is 5.26 Å². The largest absolute Gasteiger partial charge is 0.418 e. The molecule has 0 N–H and O–H groups in total. The minimum absolute atomic E-state index is 0.0223. The van der Waals surface area contributed by atoms with Gasteiger partial charge >= 0.3 is 6.18 Å². The number of anilines is 1. The predicted octanol–water partition coefficient (Wildman–Crippen LogP) is 3.19. The number of nitrogens with zero attached hydrogens (tertiary/aromatic N) is 2. The minimum Gasteiger partial charge on any atom is -0.381 e. The van der Waals surface area contributed by atoms with Gasteiger partial charge in [0.25, 0.3) is 0 Å². The Morgan fingerprint density at radius 1 is 1.29 bits per heavy atom. The summed E-state index contributed by atoms with van der Waals surface area (Å²) in [5.41, 5.74) is -0.324. The Hall–Kier alpha value is -1.74. The molecule has 0 aliphatic carbocycles. The van der Waals surface area contributed by atoms with Gasteiger partial charge in [0.15, 0.2) is 0 Å². The van der Waals surface area contributed by atoms with Crippen LogP contribution in [-0.4, -0.2) is 26.3 Å². The van der Waals surface area contributed by atoms with Crippen LogP contribution in [0.25, 0.3) is 0 Å². The van der Waals surface area contributed by atoms with E-state index in [1.165, 1.54) is 12.1 Å². The van der Waals surface area contributed by atoms with Crippen molar-refractivity contribution in [2.45, 2.75) is 19.0 Å². The number of benzene rings is 1. The highest BCUT2D eigenvalue weighted by Gasteiger charge is 2.43. The number of alkyl halides is 3. The number of ether oxygens (including phenoxy) is 1. The van der Waals surface area contributed by atoms with Crippen LogP contribution in [0.2, 0.25) is 0 Å². The maximum Gasteiger partial charge on any atom is 0.418 e. The van der Waals surface area contributed by atoms with Gasteiger partial charge in [0.05, 0.1) is 29.5 Å². The molecule has 2 aliphatic rings. The van der Waals surface area contributed by atoms with Gasteiger partial charge in [-0.3, -0.25) is 0 Å². The molecule has 6 heteroatoms. The van der Waals surface area contributed by atoms with Gasteiger partial charge in [-0.05, 0) is 31.0 Å². The van der Waals surface area contributed by atoms with Gasteiger partial charge in [-0.25, -0.2) is 0 Å². The smallest absolute Gasteiger partial charge is 0.381 e. The van der Waals surface area contributed by atoms with Crippen LogP contribution in [-0.2, 0) is 10.9 Å². The van der Waals surface area contributed by atoms with Crippen LogP contribution < -0.4 is 4.90 Å². The molecule has 3 rings (SSSR count). The molecule has 2 fully saturated rings. The molecule has 1 atom stereocenters. The lowest BCUT2D eigenvalue weighted by Crippen LogP contribution is -2.29. The summed E-state index contributed by atoms with van der Waals surface area (Å²) in [7, 11) is 0. The first kappa shape index (κ1) is 14.2. The van der Waals surface area contributed by atoms with E-state index in [1.54, 1.807) is 4.90 Å². The van der Waals surface area contributed by atoms with Crippen LogP contribution in [0.1, 0.15) is 24.0 Å². The molecule has 0 aromatic heterocycles. The second-order valence-electron chi connectivity index (χ2n) is 5.82. The van der Waals surface area contributed by atoms with Crippen molar-refractivity contribution in [2.75, 3.05) is 31.2 Å². The Morgan fingerprint density at radius 3 is 2.71 bits per heavy atom. The summed E-state index contributed by atoms with van der Waals surface area (Å²) in [6, 6.07) is 5.48. The molecule has 0 amide bonds. The molecule has 2 saturated heterocycles. The second-order valence-corrected chi connectivity index (χ2v) is 5.82. The molecule has 21 heavy (non-hydrogen) atoms. The molecule has 1 aromatic carbocycles. The van der Waals surface area contributed by atoms with Crippen LogP contribution in [0, 0.1) is 16.7 Å². The van der Waals surface area contributed by atoms with Gasteiger partial charge in [-0.15, -0.1) is 0 Å². The average Bonchev–Trinajstić information content (AvgIpc) is 3.08. The molecule has 2 heterocycles. The van der Waals surface area contributed by atoms with Crippen molar-refractivity contribution in [3.8, 4) is 6.07 Å². The third-order valence-corrected chi connectivity index (χ3v) is 4.40. The molecule has 1 spiro atoms. The van der Waals surface area contributed by atoms with Gasteiger partial charge in [0.2, 0.25) is 0 Å². The molecule has 0 radical (unpaired) electrons. The van der Waals surface area contributed by atoms with Crippen molar-refractivity contribution in [1.82, 2.24) is 0 Å². The first-order valence-corrected chi connectivity index (χ1v) is 6.88. The van der Waals surface area contributed by atoms with Crippen molar-refractivity contribution < 1.29 is 17.9 Å². The lowest BCUT2D eigenvalue weighted by molar-refractivity contribution is -0.137. The number of hydrogen-bond donors (Lipinski definition) is 0. The zero-order valence-electron chi connectivity index (χ0n) is 11.4. The minimum atomic E-state index is -4.41. The number of rotatable bonds is 1. The highest BCUT2D eigenvalue weighted by molar-refractivity contribution is 5.59. The normalized spacial score (nSPS) is 25.5.